The molecule has 0 amide bonds. The summed E-state index contributed by atoms with van der Waals surface area (Å²) in [5.74, 6) is 0. The first-order valence-corrected chi connectivity index (χ1v) is 13.7. The van der Waals surface area contributed by atoms with Crippen LogP contribution in [-0.2, 0) is 18.1 Å². The van der Waals surface area contributed by atoms with Gasteiger partial charge in [-0.3, -0.25) is 9.77 Å². The average Bonchev–Trinajstić information content (AvgIpc) is 2.51. The van der Waals surface area contributed by atoms with Gasteiger partial charge in [0.2, 0.25) is 5.71 Å². The Kier molecular flexibility index (Phi) is 8.34. The zero-order valence-corrected chi connectivity index (χ0v) is 17.9. The second-order valence-corrected chi connectivity index (χ2v) is 13.0. The molecule has 1 unspecified atom stereocenters. The molecule has 0 aliphatic carbocycles. The summed E-state index contributed by atoms with van der Waals surface area (Å²) in [6, 6.07) is 9.20. The van der Waals surface area contributed by atoms with E-state index >= 15 is 0 Å². The van der Waals surface area contributed by atoms with Crippen LogP contribution in [0, 0.1) is 5.21 Å². The number of nitrogens with zero attached hydrogens (tertiary/aromatic N) is 1. The molecular formula is C17H30NO5PSi. The molecule has 0 aromatic heterocycles. The topological polar surface area (TPSA) is 70.8 Å². The number of hydrogen-bond acceptors (Lipinski definition) is 5. The van der Waals surface area contributed by atoms with Crippen LogP contribution >= 0.6 is 7.60 Å². The Morgan fingerprint density at radius 1 is 1.12 bits per heavy atom. The van der Waals surface area contributed by atoms with Gasteiger partial charge in [0, 0.05) is 11.3 Å². The largest absolute Gasteiger partial charge is 0.443 e. The quantitative estimate of drug-likeness (QED) is 0.183. The van der Waals surface area contributed by atoms with Crippen LogP contribution < -0.4 is 0 Å². The van der Waals surface area contributed by atoms with Crippen LogP contribution in [0.3, 0.4) is 0 Å². The lowest BCUT2D eigenvalue weighted by atomic mass is 10.1. The normalized spacial score (nSPS) is 14.8. The minimum Gasteiger partial charge on any atom is -0.443 e. The van der Waals surface area contributed by atoms with Crippen molar-refractivity contribution in [1.82, 2.24) is 0 Å². The minimum absolute atomic E-state index is 0.228. The first kappa shape index (κ1) is 21.9. The lowest BCUT2D eigenvalue weighted by Gasteiger charge is -2.27. The van der Waals surface area contributed by atoms with E-state index in [0.717, 1.165) is 0 Å². The molecule has 1 atom stereocenters. The van der Waals surface area contributed by atoms with E-state index in [0.29, 0.717) is 22.6 Å². The van der Waals surface area contributed by atoms with Crippen LogP contribution in [0.2, 0.25) is 19.6 Å². The predicted molar refractivity (Wildman–Crippen MR) is 103 cm³/mol. The minimum atomic E-state index is -3.59. The lowest BCUT2D eigenvalue weighted by molar-refractivity contribution is -0.705. The monoisotopic (exact) mass is 387 g/mol. The van der Waals surface area contributed by atoms with Crippen molar-refractivity contribution in [3.05, 3.63) is 41.1 Å². The Morgan fingerprint density at radius 3 is 2.04 bits per heavy atom. The van der Waals surface area contributed by atoms with Gasteiger partial charge in [-0.25, -0.2) is 0 Å². The zero-order valence-electron chi connectivity index (χ0n) is 16.0. The Labute approximate surface area is 152 Å². The fraction of sp³-hybridized carbons (Fsp3) is 0.588. The molecule has 0 aliphatic heterocycles. The highest BCUT2D eigenvalue weighted by Crippen LogP contribution is 2.61. The average molecular weight is 387 g/mol. The molecule has 1 rings (SSSR count). The van der Waals surface area contributed by atoms with Crippen molar-refractivity contribution in [2.75, 3.05) is 13.2 Å². The number of benzene rings is 1. The summed E-state index contributed by atoms with van der Waals surface area (Å²) in [6.07, 6.45) is 0.373. The Bertz CT molecular complexity index is 605. The van der Waals surface area contributed by atoms with Gasteiger partial charge in [0.1, 0.15) is 0 Å². The predicted octanol–water partition coefficient (Wildman–Crippen LogP) is 5.12. The SMILES string of the molecule is CCOP(=O)(OCC)C(/C(CC)=[N+](/[O-])O[Si](C)(C)C)c1ccccc1. The summed E-state index contributed by atoms with van der Waals surface area (Å²) in [5, 5.41) is 12.7. The van der Waals surface area contributed by atoms with Crippen molar-refractivity contribution < 1.29 is 23.0 Å². The molecule has 0 radical (unpaired) electrons. The van der Waals surface area contributed by atoms with Gasteiger partial charge in [-0.2, -0.15) is 0 Å². The second-order valence-electron chi connectivity index (χ2n) is 6.49. The fourth-order valence-corrected chi connectivity index (χ4v) is 5.36. The third kappa shape index (κ3) is 6.26. The molecule has 8 heteroatoms. The molecule has 0 fully saturated rings. The molecule has 142 valence electrons. The standard InChI is InChI=1S/C17H30NO5PSi/c1-7-16(18(19)23-25(4,5)6)17(15-13-11-10-12-14-15)24(20,21-8-2)22-9-3/h10-14,17H,7-9H2,1-6H3/b18-16-. The summed E-state index contributed by atoms with van der Waals surface area (Å²) in [6.45, 7) is 11.6. The van der Waals surface area contributed by atoms with E-state index < -0.39 is 21.6 Å². The number of hydrogen-bond donors (Lipinski definition) is 0. The molecule has 0 heterocycles. The van der Waals surface area contributed by atoms with E-state index in [1.54, 1.807) is 13.8 Å². The van der Waals surface area contributed by atoms with E-state index in [4.69, 9.17) is 13.6 Å². The maximum Gasteiger partial charge on any atom is 0.348 e. The molecule has 0 saturated heterocycles. The molecule has 1 aromatic carbocycles. The van der Waals surface area contributed by atoms with E-state index in [9.17, 15) is 9.77 Å². The smallest absolute Gasteiger partial charge is 0.348 e. The molecule has 0 aliphatic rings. The maximum absolute atomic E-state index is 13.5. The lowest BCUT2D eigenvalue weighted by Crippen LogP contribution is -2.34. The van der Waals surface area contributed by atoms with E-state index in [-0.39, 0.29) is 13.2 Å². The zero-order chi connectivity index (χ0) is 19.1. The van der Waals surface area contributed by atoms with Crippen molar-refractivity contribution in [1.29, 1.82) is 0 Å². The van der Waals surface area contributed by atoms with E-state index in [2.05, 4.69) is 0 Å². The molecule has 0 bridgehead atoms. The van der Waals surface area contributed by atoms with Crippen molar-refractivity contribution >= 4 is 21.6 Å². The van der Waals surface area contributed by atoms with Crippen LogP contribution in [0.25, 0.3) is 0 Å². The molecular weight excluding hydrogens is 357 g/mol. The Hall–Kier alpha value is -1.14. The molecule has 0 N–H and O–H groups in total. The summed E-state index contributed by atoms with van der Waals surface area (Å²) in [5.41, 5.74) is 0.260. The molecule has 0 saturated carbocycles. The van der Waals surface area contributed by atoms with Gasteiger partial charge in [0.05, 0.1) is 13.2 Å². The highest BCUT2D eigenvalue weighted by molar-refractivity contribution is 7.55. The third-order valence-electron chi connectivity index (χ3n) is 3.32. The highest BCUT2D eigenvalue weighted by atomic mass is 31.2. The van der Waals surface area contributed by atoms with Crippen LogP contribution in [-0.4, -0.2) is 32.1 Å². The highest BCUT2D eigenvalue weighted by Gasteiger charge is 2.45. The van der Waals surface area contributed by atoms with Gasteiger partial charge in [-0.15, -0.1) is 0 Å². The Morgan fingerprint density at radius 2 is 1.64 bits per heavy atom. The molecule has 6 nitrogen and oxygen atoms in total. The van der Waals surface area contributed by atoms with Crippen molar-refractivity contribution in [3.8, 4) is 0 Å². The summed E-state index contributed by atoms with van der Waals surface area (Å²) in [7, 11) is -5.71. The third-order valence-corrected chi connectivity index (χ3v) is 6.50. The first-order valence-electron chi connectivity index (χ1n) is 8.64. The molecule has 0 spiro atoms. The number of rotatable bonds is 10. The van der Waals surface area contributed by atoms with Gasteiger partial charge in [-0.05, 0) is 19.4 Å². The van der Waals surface area contributed by atoms with Gasteiger partial charge in [0.25, 0.3) is 0 Å². The van der Waals surface area contributed by atoms with Gasteiger partial charge in [-0.1, -0.05) is 56.9 Å². The Balaban J connectivity index is 3.54. The second kappa shape index (κ2) is 9.53. The van der Waals surface area contributed by atoms with Crippen LogP contribution in [0.5, 0.6) is 0 Å². The first-order chi connectivity index (χ1) is 11.7. The van der Waals surface area contributed by atoms with Crippen molar-refractivity contribution in [2.45, 2.75) is 52.5 Å². The fourth-order valence-electron chi connectivity index (χ4n) is 2.47. The van der Waals surface area contributed by atoms with E-state index in [1.165, 1.54) is 0 Å². The maximum atomic E-state index is 13.5. The summed E-state index contributed by atoms with van der Waals surface area (Å²) < 4.78 is 30.2. The van der Waals surface area contributed by atoms with Gasteiger partial charge in [0.15, 0.2) is 14.0 Å². The van der Waals surface area contributed by atoms with Crippen molar-refractivity contribution in [2.24, 2.45) is 0 Å². The van der Waals surface area contributed by atoms with E-state index in [1.807, 2.05) is 56.9 Å². The summed E-state index contributed by atoms with van der Waals surface area (Å²) in [4.78, 5) is 0.536. The van der Waals surface area contributed by atoms with Gasteiger partial charge >= 0.3 is 7.60 Å². The van der Waals surface area contributed by atoms with Crippen LogP contribution in [0.4, 0.5) is 0 Å². The van der Waals surface area contributed by atoms with Gasteiger partial charge < -0.3 is 13.6 Å². The molecule has 25 heavy (non-hydrogen) atoms. The summed E-state index contributed by atoms with van der Waals surface area (Å²) >= 11 is 0. The van der Waals surface area contributed by atoms with Crippen molar-refractivity contribution in [3.63, 3.8) is 0 Å². The van der Waals surface area contributed by atoms with Crippen LogP contribution in [0.15, 0.2) is 30.3 Å². The van der Waals surface area contributed by atoms with Crippen LogP contribution in [0.1, 0.15) is 38.4 Å². The molecule has 1 aromatic rings.